The van der Waals surface area contributed by atoms with Gasteiger partial charge in [0.1, 0.15) is 23.4 Å². The van der Waals surface area contributed by atoms with Gasteiger partial charge in [-0.05, 0) is 18.6 Å². The van der Waals surface area contributed by atoms with E-state index in [1.807, 2.05) is 6.07 Å². The van der Waals surface area contributed by atoms with Crippen molar-refractivity contribution >= 4 is 10.9 Å². The van der Waals surface area contributed by atoms with Crippen LogP contribution in [0.2, 0.25) is 0 Å². The second-order valence-electron chi connectivity index (χ2n) is 3.43. The maximum atomic E-state index is 13.5. The first kappa shape index (κ1) is 9.66. The van der Waals surface area contributed by atoms with E-state index in [0.717, 1.165) is 6.07 Å². The Labute approximate surface area is 85.4 Å². The summed E-state index contributed by atoms with van der Waals surface area (Å²) in [5.74, 6) is -1.23. The number of aromatic nitrogens is 1. The molecule has 76 valence electrons. The summed E-state index contributed by atoms with van der Waals surface area (Å²) in [6.07, 6.45) is 0. The zero-order chi connectivity index (χ0) is 11.2. The number of aryl methyl sites for hydroxylation is 2. The molecule has 0 aliphatic carbocycles. The Morgan fingerprint density at radius 3 is 2.53 bits per heavy atom. The largest absolute Gasteiger partial charge is 0.333 e. The second kappa shape index (κ2) is 3.06. The molecule has 0 unspecified atom stereocenters. The van der Waals surface area contributed by atoms with Crippen LogP contribution in [0, 0.1) is 29.9 Å². The molecule has 4 heteroatoms. The lowest BCUT2D eigenvalue weighted by molar-refractivity contribution is 0.583. The van der Waals surface area contributed by atoms with Crippen LogP contribution in [-0.4, -0.2) is 4.57 Å². The van der Waals surface area contributed by atoms with Crippen LogP contribution in [0.5, 0.6) is 0 Å². The molecule has 0 saturated carbocycles. The zero-order valence-electron chi connectivity index (χ0n) is 8.31. The Hall–Kier alpha value is -1.89. The molecule has 1 heterocycles. The highest BCUT2D eigenvalue weighted by Gasteiger charge is 2.14. The monoisotopic (exact) mass is 206 g/mol. The van der Waals surface area contributed by atoms with Crippen LogP contribution < -0.4 is 0 Å². The minimum atomic E-state index is -0.642. The minimum absolute atomic E-state index is 0.269. The van der Waals surface area contributed by atoms with Gasteiger partial charge in [0.05, 0.1) is 5.52 Å². The number of hydrogen-bond acceptors (Lipinski definition) is 1. The van der Waals surface area contributed by atoms with Crippen LogP contribution in [0.1, 0.15) is 11.3 Å². The molecule has 0 N–H and O–H groups in total. The molecule has 0 aliphatic heterocycles. The molecule has 0 saturated heterocycles. The summed E-state index contributed by atoms with van der Waals surface area (Å²) in [6, 6.07) is 4.28. The molecule has 0 atom stereocenters. The normalized spacial score (nSPS) is 10.6. The Balaban J connectivity index is 3.02. The van der Waals surface area contributed by atoms with E-state index in [-0.39, 0.29) is 5.52 Å². The van der Waals surface area contributed by atoms with Crippen molar-refractivity contribution in [3.8, 4) is 6.07 Å². The minimum Gasteiger partial charge on any atom is -0.333 e. The predicted molar refractivity (Wildman–Crippen MR) is 52.3 cm³/mol. The maximum Gasteiger partial charge on any atom is 0.150 e. The van der Waals surface area contributed by atoms with E-state index in [9.17, 15) is 8.78 Å². The first-order valence-corrected chi connectivity index (χ1v) is 4.40. The molecule has 2 aromatic rings. The van der Waals surface area contributed by atoms with Crippen molar-refractivity contribution in [3.63, 3.8) is 0 Å². The molecular formula is C11H8F2N2. The highest BCUT2D eigenvalue weighted by molar-refractivity contribution is 5.86. The third kappa shape index (κ3) is 1.20. The van der Waals surface area contributed by atoms with Crippen LogP contribution in [0.15, 0.2) is 12.1 Å². The van der Waals surface area contributed by atoms with Gasteiger partial charge in [0.15, 0.2) is 0 Å². The standard InChI is InChI=1S/C11H8F2N2/c1-6-8-3-7(5-14)15(2)11(8)10(13)4-9(6)12/h3-4H,1-2H3. The predicted octanol–water partition coefficient (Wildman–Crippen LogP) is 2.64. The van der Waals surface area contributed by atoms with Crippen LogP contribution in [-0.2, 0) is 7.05 Å². The van der Waals surface area contributed by atoms with Crippen LogP contribution in [0.3, 0.4) is 0 Å². The lowest BCUT2D eigenvalue weighted by Gasteiger charge is -2.02. The zero-order valence-corrected chi connectivity index (χ0v) is 8.31. The average molecular weight is 206 g/mol. The van der Waals surface area contributed by atoms with Crippen molar-refractivity contribution in [1.82, 2.24) is 4.57 Å². The lowest BCUT2D eigenvalue weighted by Crippen LogP contribution is -1.95. The van der Waals surface area contributed by atoms with Gasteiger partial charge in [-0.1, -0.05) is 0 Å². The van der Waals surface area contributed by atoms with Crippen molar-refractivity contribution in [2.45, 2.75) is 6.92 Å². The number of fused-ring (bicyclic) bond motifs is 1. The third-order valence-electron chi connectivity index (χ3n) is 2.59. The van der Waals surface area contributed by atoms with Crippen molar-refractivity contribution in [2.24, 2.45) is 7.05 Å². The molecule has 0 radical (unpaired) electrons. The van der Waals surface area contributed by atoms with E-state index >= 15 is 0 Å². The molecule has 0 spiro atoms. The van der Waals surface area contributed by atoms with Crippen LogP contribution in [0.4, 0.5) is 8.78 Å². The SMILES string of the molecule is Cc1c(F)cc(F)c2c1cc(C#N)n2C. The average Bonchev–Trinajstić information content (AvgIpc) is 2.53. The molecule has 0 bridgehead atoms. The van der Waals surface area contributed by atoms with E-state index in [2.05, 4.69) is 0 Å². The Morgan fingerprint density at radius 2 is 1.93 bits per heavy atom. The molecule has 2 nitrogen and oxygen atoms in total. The van der Waals surface area contributed by atoms with Crippen molar-refractivity contribution < 1.29 is 8.78 Å². The number of nitriles is 1. The highest BCUT2D eigenvalue weighted by Crippen LogP contribution is 2.26. The first-order chi connectivity index (χ1) is 7.06. The number of hydrogen-bond donors (Lipinski definition) is 0. The molecule has 1 aromatic carbocycles. The van der Waals surface area contributed by atoms with Gasteiger partial charge < -0.3 is 4.57 Å². The van der Waals surface area contributed by atoms with Crippen LogP contribution >= 0.6 is 0 Å². The Kier molecular flexibility index (Phi) is 1.97. The molecule has 0 aliphatic rings. The van der Waals surface area contributed by atoms with E-state index in [1.165, 1.54) is 10.6 Å². The van der Waals surface area contributed by atoms with Gasteiger partial charge in [0.2, 0.25) is 0 Å². The van der Waals surface area contributed by atoms with Crippen molar-refractivity contribution in [1.29, 1.82) is 5.26 Å². The lowest BCUT2D eigenvalue weighted by atomic mass is 10.1. The first-order valence-electron chi connectivity index (χ1n) is 4.40. The number of nitrogens with zero attached hydrogens (tertiary/aromatic N) is 2. The molecule has 1 aromatic heterocycles. The molecule has 0 amide bonds. The van der Waals surface area contributed by atoms with Crippen molar-refractivity contribution in [2.75, 3.05) is 0 Å². The number of halogens is 2. The second-order valence-corrected chi connectivity index (χ2v) is 3.43. The van der Waals surface area contributed by atoms with Crippen LogP contribution in [0.25, 0.3) is 10.9 Å². The van der Waals surface area contributed by atoms with E-state index in [4.69, 9.17) is 5.26 Å². The van der Waals surface area contributed by atoms with Gasteiger partial charge in [-0.3, -0.25) is 0 Å². The molecular weight excluding hydrogens is 198 g/mol. The van der Waals surface area contributed by atoms with Gasteiger partial charge in [-0.2, -0.15) is 5.26 Å². The summed E-state index contributed by atoms with van der Waals surface area (Å²) in [4.78, 5) is 0. The fourth-order valence-electron chi connectivity index (χ4n) is 1.70. The molecule has 0 fully saturated rings. The van der Waals surface area contributed by atoms with Crippen molar-refractivity contribution in [3.05, 3.63) is 35.0 Å². The summed E-state index contributed by atoms with van der Waals surface area (Å²) < 4.78 is 28.1. The summed E-state index contributed by atoms with van der Waals surface area (Å²) >= 11 is 0. The Bertz CT molecular complexity index is 591. The van der Waals surface area contributed by atoms with Gasteiger partial charge in [0.25, 0.3) is 0 Å². The number of rotatable bonds is 0. The summed E-state index contributed by atoms with van der Waals surface area (Å²) in [6.45, 7) is 1.57. The Morgan fingerprint density at radius 1 is 1.27 bits per heavy atom. The smallest absolute Gasteiger partial charge is 0.150 e. The van der Waals surface area contributed by atoms with Gasteiger partial charge in [0, 0.05) is 18.5 Å². The molecule has 2 rings (SSSR count). The summed E-state index contributed by atoms with van der Waals surface area (Å²) in [5, 5.41) is 9.23. The number of benzene rings is 1. The third-order valence-corrected chi connectivity index (χ3v) is 2.59. The van der Waals surface area contributed by atoms with Gasteiger partial charge in [-0.15, -0.1) is 0 Å². The van der Waals surface area contributed by atoms with E-state index in [1.54, 1.807) is 14.0 Å². The fourth-order valence-corrected chi connectivity index (χ4v) is 1.70. The summed E-state index contributed by atoms with van der Waals surface area (Å²) in [7, 11) is 1.58. The summed E-state index contributed by atoms with van der Waals surface area (Å²) in [5.41, 5.74) is 0.951. The van der Waals surface area contributed by atoms with E-state index < -0.39 is 11.6 Å². The maximum absolute atomic E-state index is 13.5. The quantitative estimate of drug-likeness (QED) is 0.651. The highest BCUT2D eigenvalue weighted by atomic mass is 19.1. The van der Waals surface area contributed by atoms with Gasteiger partial charge in [-0.25, -0.2) is 8.78 Å². The molecule has 15 heavy (non-hydrogen) atoms. The van der Waals surface area contributed by atoms with E-state index in [0.29, 0.717) is 16.6 Å². The topological polar surface area (TPSA) is 28.7 Å². The fraction of sp³-hybridized carbons (Fsp3) is 0.182. The van der Waals surface area contributed by atoms with Gasteiger partial charge >= 0.3 is 0 Å².